The Balaban J connectivity index is 1.70. The largest absolute Gasteiger partial charge is 0.491 e. The maximum absolute atomic E-state index is 13.0. The quantitative estimate of drug-likeness (QED) is 0.570. The summed E-state index contributed by atoms with van der Waals surface area (Å²) >= 11 is 0. The molecule has 1 aromatic heterocycles. The molecule has 0 saturated heterocycles. The second kappa shape index (κ2) is 9.73. The van der Waals surface area contributed by atoms with Crippen LogP contribution >= 0.6 is 0 Å². The molecule has 0 radical (unpaired) electrons. The fraction of sp³-hybridized carbons (Fsp3) is 0.250. The van der Waals surface area contributed by atoms with Crippen molar-refractivity contribution in [2.24, 2.45) is 0 Å². The third-order valence-electron chi connectivity index (χ3n) is 4.39. The van der Waals surface area contributed by atoms with Gasteiger partial charge < -0.3 is 15.0 Å². The van der Waals surface area contributed by atoms with Crippen LogP contribution in [0.5, 0.6) is 5.75 Å². The summed E-state index contributed by atoms with van der Waals surface area (Å²) in [5, 5.41) is 3.30. The minimum Gasteiger partial charge on any atom is -0.491 e. The third-order valence-corrected chi connectivity index (χ3v) is 4.39. The molecule has 5 nitrogen and oxygen atoms in total. The lowest BCUT2D eigenvalue weighted by atomic mass is 10.2. The van der Waals surface area contributed by atoms with Crippen molar-refractivity contribution in [3.8, 4) is 5.75 Å². The van der Waals surface area contributed by atoms with Gasteiger partial charge in [-0.2, -0.15) is 0 Å². The number of anilines is 2. The van der Waals surface area contributed by atoms with Crippen molar-refractivity contribution in [2.45, 2.75) is 33.4 Å². The van der Waals surface area contributed by atoms with E-state index in [4.69, 9.17) is 4.74 Å². The van der Waals surface area contributed by atoms with Crippen LogP contribution in [0.15, 0.2) is 73.1 Å². The molecule has 1 amide bonds. The molecule has 0 aliphatic rings. The zero-order chi connectivity index (χ0) is 20.6. The van der Waals surface area contributed by atoms with E-state index in [0.717, 1.165) is 22.7 Å². The van der Waals surface area contributed by atoms with Gasteiger partial charge in [-0.3, -0.25) is 9.78 Å². The molecule has 0 fully saturated rings. The molecule has 0 bridgehead atoms. The van der Waals surface area contributed by atoms with E-state index in [1.165, 1.54) is 0 Å². The average molecular weight is 389 g/mol. The summed E-state index contributed by atoms with van der Waals surface area (Å²) in [7, 11) is 0. The van der Waals surface area contributed by atoms with Crippen LogP contribution in [0.4, 0.5) is 11.4 Å². The molecular weight excluding hydrogens is 362 g/mol. The Morgan fingerprint density at radius 2 is 1.76 bits per heavy atom. The minimum atomic E-state index is -0.0341. The first-order valence-corrected chi connectivity index (χ1v) is 9.87. The van der Waals surface area contributed by atoms with Gasteiger partial charge in [0.25, 0.3) is 5.91 Å². The molecule has 3 rings (SSSR count). The van der Waals surface area contributed by atoms with E-state index in [0.29, 0.717) is 18.7 Å². The predicted octanol–water partition coefficient (Wildman–Crippen LogP) is 5.27. The lowest BCUT2D eigenvalue weighted by Gasteiger charge is -2.21. The number of aromatic nitrogens is 1. The standard InChI is InChI=1S/C24H27N3O2/c1-4-27(17-19-8-6-5-7-9-19)24(28)20-14-22(16-25-15-20)26-21-10-12-23(13-11-21)29-18(2)3/h5-16,18,26H,4,17H2,1-3H3. The molecule has 0 spiro atoms. The summed E-state index contributed by atoms with van der Waals surface area (Å²) in [6, 6.07) is 19.6. The fourth-order valence-electron chi connectivity index (χ4n) is 2.99. The van der Waals surface area contributed by atoms with Crippen molar-refractivity contribution in [3.63, 3.8) is 0 Å². The Hall–Kier alpha value is -3.34. The van der Waals surface area contributed by atoms with Crippen LogP contribution in [-0.4, -0.2) is 28.4 Å². The van der Waals surface area contributed by atoms with Crippen LogP contribution in [0.25, 0.3) is 0 Å². The van der Waals surface area contributed by atoms with Gasteiger partial charge in [-0.05, 0) is 56.7 Å². The van der Waals surface area contributed by atoms with E-state index >= 15 is 0 Å². The van der Waals surface area contributed by atoms with Crippen LogP contribution in [0, 0.1) is 0 Å². The van der Waals surface area contributed by atoms with Crippen LogP contribution in [-0.2, 0) is 6.54 Å². The number of amides is 1. The van der Waals surface area contributed by atoms with Crippen molar-refractivity contribution in [3.05, 3.63) is 84.2 Å². The van der Waals surface area contributed by atoms with Crippen molar-refractivity contribution in [2.75, 3.05) is 11.9 Å². The number of ether oxygens (including phenoxy) is 1. The molecule has 0 saturated carbocycles. The number of nitrogens with one attached hydrogen (secondary N) is 1. The first-order chi connectivity index (χ1) is 14.0. The summed E-state index contributed by atoms with van der Waals surface area (Å²) in [6.45, 7) is 7.18. The molecule has 2 aromatic carbocycles. The van der Waals surface area contributed by atoms with Crippen LogP contribution in [0.1, 0.15) is 36.7 Å². The normalized spacial score (nSPS) is 10.6. The number of rotatable bonds is 8. The molecule has 0 unspecified atom stereocenters. The van der Waals surface area contributed by atoms with E-state index in [1.807, 2.05) is 86.3 Å². The summed E-state index contributed by atoms with van der Waals surface area (Å²) in [6.07, 6.45) is 3.46. The number of carbonyl (C=O) groups is 1. The van der Waals surface area contributed by atoms with Gasteiger partial charge in [-0.25, -0.2) is 0 Å². The monoisotopic (exact) mass is 389 g/mol. The Bertz CT molecular complexity index is 924. The van der Waals surface area contributed by atoms with E-state index in [9.17, 15) is 4.79 Å². The van der Waals surface area contributed by atoms with Gasteiger partial charge in [0.15, 0.2) is 0 Å². The molecule has 0 aliphatic carbocycles. The Kier molecular flexibility index (Phi) is 6.85. The summed E-state index contributed by atoms with van der Waals surface area (Å²) in [5.74, 6) is 0.792. The van der Waals surface area contributed by atoms with Crippen molar-refractivity contribution in [1.82, 2.24) is 9.88 Å². The number of hydrogen-bond donors (Lipinski definition) is 1. The Morgan fingerprint density at radius 1 is 1.03 bits per heavy atom. The van der Waals surface area contributed by atoms with Crippen LogP contribution < -0.4 is 10.1 Å². The Morgan fingerprint density at radius 3 is 2.41 bits per heavy atom. The van der Waals surface area contributed by atoms with Gasteiger partial charge in [0.1, 0.15) is 5.75 Å². The first-order valence-electron chi connectivity index (χ1n) is 9.87. The summed E-state index contributed by atoms with van der Waals surface area (Å²) in [5.41, 5.74) is 3.34. The molecule has 150 valence electrons. The number of carbonyl (C=O) groups excluding carboxylic acids is 1. The van der Waals surface area contributed by atoms with Crippen LogP contribution in [0.2, 0.25) is 0 Å². The highest BCUT2D eigenvalue weighted by Gasteiger charge is 2.15. The Labute approximate surface area is 172 Å². The maximum Gasteiger partial charge on any atom is 0.255 e. The molecule has 0 atom stereocenters. The third kappa shape index (κ3) is 5.82. The topological polar surface area (TPSA) is 54.5 Å². The van der Waals surface area contributed by atoms with Crippen molar-refractivity contribution >= 4 is 17.3 Å². The number of benzene rings is 2. The molecule has 5 heteroatoms. The number of pyridine rings is 1. The molecule has 3 aromatic rings. The second-order valence-electron chi connectivity index (χ2n) is 7.08. The predicted molar refractivity (Wildman–Crippen MR) is 117 cm³/mol. The summed E-state index contributed by atoms with van der Waals surface area (Å²) in [4.78, 5) is 19.0. The highest BCUT2D eigenvalue weighted by molar-refractivity contribution is 5.94. The lowest BCUT2D eigenvalue weighted by molar-refractivity contribution is 0.0752. The number of nitrogens with zero attached hydrogens (tertiary/aromatic N) is 2. The van der Waals surface area contributed by atoms with E-state index < -0.39 is 0 Å². The summed E-state index contributed by atoms with van der Waals surface area (Å²) < 4.78 is 5.67. The van der Waals surface area contributed by atoms with Gasteiger partial charge in [0.2, 0.25) is 0 Å². The van der Waals surface area contributed by atoms with Gasteiger partial charge in [0.05, 0.1) is 23.6 Å². The van der Waals surface area contributed by atoms with E-state index in [1.54, 1.807) is 12.4 Å². The van der Waals surface area contributed by atoms with E-state index in [-0.39, 0.29) is 12.0 Å². The van der Waals surface area contributed by atoms with Crippen molar-refractivity contribution < 1.29 is 9.53 Å². The van der Waals surface area contributed by atoms with Gasteiger partial charge in [-0.15, -0.1) is 0 Å². The van der Waals surface area contributed by atoms with Gasteiger partial charge in [0, 0.05) is 25.0 Å². The van der Waals surface area contributed by atoms with Gasteiger partial charge in [-0.1, -0.05) is 30.3 Å². The number of hydrogen-bond acceptors (Lipinski definition) is 4. The second-order valence-corrected chi connectivity index (χ2v) is 7.08. The lowest BCUT2D eigenvalue weighted by Crippen LogP contribution is -2.30. The van der Waals surface area contributed by atoms with Crippen molar-refractivity contribution in [1.29, 1.82) is 0 Å². The molecular formula is C24H27N3O2. The average Bonchev–Trinajstić information content (AvgIpc) is 2.73. The highest BCUT2D eigenvalue weighted by atomic mass is 16.5. The minimum absolute atomic E-state index is 0.0341. The smallest absolute Gasteiger partial charge is 0.255 e. The first kappa shape index (κ1) is 20.4. The molecule has 1 N–H and O–H groups in total. The maximum atomic E-state index is 13.0. The zero-order valence-electron chi connectivity index (χ0n) is 17.1. The molecule has 0 aliphatic heterocycles. The van der Waals surface area contributed by atoms with E-state index in [2.05, 4.69) is 10.3 Å². The van der Waals surface area contributed by atoms with Gasteiger partial charge >= 0.3 is 0 Å². The highest BCUT2D eigenvalue weighted by Crippen LogP contribution is 2.21. The molecule has 1 heterocycles. The van der Waals surface area contributed by atoms with Crippen LogP contribution in [0.3, 0.4) is 0 Å². The molecule has 29 heavy (non-hydrogen) atoms. The fourth-order valence-corrected chi connectivity index (χ4v) is 2.99. The zero-order valence-corrected chi connectivity index (χ0v) is 17.1. The SMILES string of the molecule is CCN(Cc1ccccc1)C(=O)c1cncc(Nc2ccc(OC(C)C)cc2)c1.